The number of hydrogen-bond donors (Lipinski definition) is 0. The molecule has 0 spiro atoms. The van der Waals surface area contributed by atoms with E-state index in [1.807, 2.05) is 0 Å². The molecule has 40 valence electrons. The third-order valence-corrected chi connectivity index (χ3v) is 1.63. The predicted molar refractivity (Wildman–Crippen MR) is 28.5 cm³/mol. The maximum absolute atomic E-state index is 10.4. The van der Waals surface area contributed by atoms with Crippen LogP contribution in [0, 0.1) is 0 Å². The molecule has 0 aromatic rings. The minimum atomic E-state index is -0.0347. The summed E-state index contributed by atoms with van der Waals surface area (Å²) in [7, 11) is 0. The van der Waals surface area contributed by atoms with Crippen LogP contribution in [0.2, 0.25) is 0 Å². The van der Waals surface area contributed by atoms with Crippen LogP contribution in [-0.2, 0) is 9.53 Å². The first-order valence-corrected chi connectivity index (χ1v) is 2.97. The zero-order chi connectivity index (χ0) is 5.28. The maximum Gasteiger partial charge on any atom is 0.174 e. The second-order valence-corrected chi connectivity index (χ2v) is 2.55. The van der Waals surface area contributed by atoms with Gasteiger partial charge in [0.05, 0.1) is 11.4 Å². The molecular formula is C4H5BrO2. The highest BCUT2D eigenvalue weighted by Crippen LogP contribution is 2.07. The van der Waals surface area contributed by atoms with Crippen molar-refractivity contribution in [2.45, 2.75) is 4.83 Å². The molecule has 1 saturated heterocycles. The summed E-state index contributed by atoms with van der Waals surface area (Å²) in [5.41, 5.74) is 0. The smallest absolute Gasteiger partial charge is 0.174 e. The zero-order valence-corrected chi connectivity index (χ0v) is 5.27. The molecule has 2 nitrogen and oxygen atoms in total. The summed E-state index contributed by atoms with van der Waals surface area (Å²) in [6, 6.07) is 0. The summed E-state index contributed by atoms with van der Waals surface area (Å²) in [6.45, 7) is 0.828. The van der Waals surface area contributed by atoms with Crippen LogP contribution in [0.5, 0.6) is 0 Å². The van der Waals surface area contributed by atoms with Gasteiger partial charge in [0.25, 0.3) is 0 Å². The number of Topliss-reactive ketones (excluding diaryl/α,β-unsaturated/α-hetero) is 1. The first-order valence-electron chi connectivity index (χ1n) is 2.05. The molecule has 0 aliphatic carbocycles. The van der Waals surface area contributed by atoms with E-state index in [9.17, 15) is 4.79 Å². The largest absolute Gasteiger partial charge is 0.372 e. The van der Waals surface area contributed by atoms with Crippen molar-refractivity contribution in [3.63, 3.8) is 0 Å². The molecule has 0 saturated carbocycles. The molecule has 1 unspecified atom stereocenters. The molecule has 7 heavy (non-hydrogen) atoms. The van der Waals surface area contributed by atoms with E-state index in [1.54, 1.807) is 0 Å². The van der Waals surface area contributed by atoms with E-state index >= 15 is 0 Å². The van der Waals surface area contributed by atoms with Crippen LogP contribution in [0.3, 0.4) is 0 Å². The van der Waals surface area contributed by atoms with Crippen molar-refractivity contribution < 1.29 is 9.53 Å². The minimum Gasteiger partial charge on any atom is -0.372 e. The molecule has 1 fully saturated rings. The number of rotatable bonds is 0. The van der Waals surface area contributed by atoms with Gasteiger partial charge in [0.2, 0.25) is 0 Å². The quantitative estimate of drug-likeness (QED) is 0.484. The van der Waals surface area contributed by atoms with Crippen molar-refractivity contribution in [3.05, 3.63) is 0 Å². The molecule has 1 aliphatic heterocycles. The first kappa shape index (κ1) is 5.25. The summed E-state index contributed by atoms with van der Waals surface area (Å²) < 4.78 is 4.77. The number of carbonyl (C=O) groups excluding carboxylic acids is 1. The van der Waals surface area contributed by atoms with Crippen LogP contribution in [-0.4, -0.2) is 23.8 Å². The van der Waals surface area contributed by atoms with Crippen LogP contribution >= 0.6 is 15.9 Å². The Morgan fingerprint density at radius 3 is 2.71 bits per heavy atom. The lowest BCUT2D eigenvalue weighted by molar-refractivity contribution is -0.117. The van der Waals surface area contributed by atoms with Gasteiger partial charge in [-0.15, -0.1) is 0 Å². The molecule has 0 bridgehead atoms. The topological polar surface area (TPSA) is 26.3 Å². The van der Waals surface area contributed by atoms with Gasteiger partial charge in [-0.05, 0) is 0 Å². The number of alkyl halides is 1. The highest BCUT2D eigenvalue weighted by Gasteiger charge is 2.21. The van der Waals surface area contributed by atoms with Crippen molar-refractivity contribution in [1.82, 2.24) is 0 Å². The van der Waals surface area contributed by atoms with Gasteiger partial charge in [0.1, 0.15) is 6.61 Å². The lowest BCUT2D eigenvalue weighted by Gasteiger charge is -1.85. The van der Waals surface area contributed by atoms with Gasteiger partial charge in [0.15, 0.2) is 5.78 Å². The molecule has 0 radical (unpaired) electrons. The molecule has 0 aromatic carbocycles. The van der Waals surface area contributed by atoms with Crippen LogP contribution in [0.25, 0.3) is 0 Å². The van der Waals surface area contributed by atoms with E-state index in [0.717, 1.165) is 0 Å². The Morgan fingerprint density at radius 1 is 1.86 bits per heavy atom. The van der Waals surface area contributed by atoms with Gasteiger partial charge < -0.3 is 4.74 Å². The van der Waals surface area contributed by atoms with Crippen molar-refractivity contribution in [2.75, 3.05) is 13.2 Å². The number of ketones is 1. The molecule has 1 aliphatic rings. The fourth-order valence-corrected chi connectivity index (χ4v) is 0.765. The van der Waals surface area contributed by atoms with Crippen molar-refractivity contribution in [3.8, 4) is 0 Å². The Hall–Kier alpha value is 0.110. The highest BCUT2D eigenvalue weighted by atomic mass is 79.9. The summed E-state index contributed by atoms with van der Waals surface area (Å²) in [5.74, 6) is 0.153. The van der Waals surface area contributed by atoms with E-state index in [2.05, 4.69) is 15.9 Å². The summed E-state index contributed by atoms with van der Waals surface area (Å²) >= 11 is 3.13. The van der Waals surface area contributed by atoms with Gasteiger partial charge in [0, 0.05) is 0 Å². The Bertz CT molecular complexity index is 91.7. The van der Waals surface area contributed by atoms with E-state index in [0.29, 0.717) is 6.61 Å². The minimum absolute atomic E-state index is 0.0347. The average Bonchev–Trinajstić information content (AvgIpc) is 1.91. The standard InChI is InChI=1S/C4H5BrO2/c5-3-1-7-2-4(3)6/h3H,1-2H2. The Labute approximate surface area is 50.0 Å². The Balaban J connectivity index is 2.48. The zero-order valence-electron chi connectivity index (χ0n) is 3.69. The average molecular weight is 165 g/mol. The molecule has 0 aromatic heterocycles. The molecule has 1 atom stereocenters. The Morgan fingerprint density at radius 2 is 2.57 bits per heavy atom. The molecular weight excluding hydrogens is 160 g/mol. The summed E-state index contributed by atoms with van der Waals surface area (Å²) in [6.07, 6.45) is 0. The van der Waals surface area contributed by atoms with E-state index < -0.39 is 0 Å². The number of ether oxygens (including phenoxy) is 1. The third-order valence-electron chi connectivity index (χ3n) is 0.858. The number of hydrogen-bond acceptors (Lipinski definition) is 2. The maximum atomic E-state index is 10.4. The molecule has 3 heteroatoms. The van der Waals surface area contributed by atoms with Crippen LogP contribution in [0.4, 0.5) is 0 Å². The molecule has 0 N–H and O–H groups in total. The van der Waals surface area contributed by atoms with E-state index in [1.165, 1.54) is 0 Å². The number of halogens is 1. The highest BCUT2D eigenvalue weighted by molar-refractivity contribution is 9.10. The second-order valence-electron chi connectivity index (χ2n) is 1.45. The van der Waals surface area contributed by atoms with Gasteiger partial charge >= 0.3 is 0 Å². The van der Waals surface area contributed by atoms with Crippen LogP contribution in [0.1, 0.15) is 0 Å². The molecule has 1 rings (SSSR count). The molecule has 1 heterocycles. The van der Waals surface area contributed by atoms with Crippen LogP contribution in [0.15, 0.2) is 0 Å². The van der Waals surface area contributed by atoms with Crippen molar-refractivity contribution >= 4 is 21.7 Å². The van der Waals surface area contributed by atoms with Crippen LogP contribution < -0.4 is 0 Å². The third kappa shape index (κ3) is 1.01. The van der Waals surface area contributed by atoms with Gasteiger partial charge in [-0.2, -0.15) is 0 Å². The van der Waals surface area contributed by atoms with E-state index in [-0.39, 0.29) is 17.2 Å². The SMILES string of the molecule is O=C1COCC1Br. The predicted octanol–water partition coefficient (Wildman–Crippen LogP) is 0.349. The molecule has 0 amide bonds. The van der Waals surface area contributed by atoms with Crippen molar-refractivity contribution in [2.24, 2.45) is 0 Å². The second kappa shape index (κ2) is 1.92. The van der Waals surface area contributed by atoms with Gasteiger partial charge in [-0.1, -0.05) is 15.9 Å². The lowest BCUT2D eigenvalue weighted by atomic mass is 10.4. The van der Waals surface area contributed by atoms with Crippen molar-refractivity contribution in [1.29, 1.82) is 0 Å². The lowest BCUT2D eigenvalue weighted by Crippen LogP contribution is -2.08. The van der Waals surface area contributed by atoms with Gasteiger partial charge in [-0.25, -0.2) is 0 Å². The summed E-state index contributed by atoms with van der Waals surface area (Å²) in [4.78, 5) is 10.4. The Kier molecular flexibility index (Phi) is 1.44. The first-order chi connectivity index (χ1) is 3.30. The normalized spacial score (nSPS) is 31.6. The monoisotopic (exact) mass is 164 g/mol. The van der Waals surface area contributed by atoms with E-state index in [4.69, 9.17) is 4.74 Å². The fourth-order valence-electron chi connectivity index (χ4n) is 0.446. The fraction of sp³-hybridized carbons (Fsp3) is 0.750. The van der Waals surface area contributed by atoms with Gasteiger partial charge in [-0.3, -0.25) is 4.79 Å². The summed E-state index contributed by atoms with van der Waals surface area (Å²) in [5, 5.41) is 0. The number of carbonyl (C=O) groups is 1.